The van der Waals surface area contributed by atoms with E-state index in [9.17, 15) is 4.79 Å². The van der Waals surface area contributed by atoms with E-state index in [0.29, 0.717) is 0 Å². The molecule has 1 fully saturated rings. The van der Waals surface area contributed by atoms with Crippen LogP contribution in [0.3, 0.4) is 0 Å². The number of hydrogen-bond donors (Lipinski definition) is 0. The van der Waals surface area contributed by atoms with E-state index in [1.54, 1.807) is 0 Å². The van der Waals surface area contributed by atoms with E-state index in [2.05, 4.69) is 11.0 Å². The average molecular weight is 265 g/mol. The number of amides is 1. The monoisotopic (exact) mass is 264 g/mol. The van der Waals surface area contributed by atoms with Crippen molar-refractivity contribution in [3.63, 3.8) is 0 Å². The van der Waals surface area contributed by atoms with Crippen molar-refractivity contribution in [3.05, 3.63) is 28.8 Å². The van der Waals surface area contributed by atoms with E-state index in [-0.39, 0.29) is 11.9 Å². The summed E-state index contributed by atoms with van der Waals surface area (Å²) >= 11 is 6.04. The lowest BCUT2D eigenvalue weighted by atomic mass is 9.99. The SMILES string of the molecule is CN1CCC(N2CCCc3cc(Cl)ccc32)C1=O. The van der Waals surface area contributed by atoms with Gasteiger partial charge in [-0.3, -0.25) is 4.79 Å². The van der Waals surface area contributed by atoms with Crippen LogP contribution in [0, 0.1) is 0 Å². The first-order valence-electron chi connectivity index (χ1n) is 6.47. The second-order valence-corrected chi connectivity index (χ2v) is 5.57. The maximum absolute atomic E-state index is 12.1. The van der Waals surface area contributed by atoms with Gasteiger partial charge in [0, 0.05) is 30.8 Å². The highest BCUT2D eigenvalue weighted by Crippen LogP contribution is 2.33. The van der Waals surface area contributed by atoms with Gasteiger partial charge in [-0.2, -0.15) is 0 Å². The molecule has 1 atom stereocenters. The van der Waals surface area contributed by atoms with Gasteiger partial charge in [0.05, 0.1) is 0 Å². The molecule has 0 aromatic heterocycles. The second-order valence-electron chi connectivity index (χ2n) is 5.13. The Bertz CT molecular complexity index is 489. The molecule has 0 radical (unpaired) electrons. The quantitative estimate of drug-likeness (QED) is 0.777. The lowest BCUT2D eigenvalue weighted by Crippen LogP contribution is -2.43. The standard InChI is InChI=1S/C14H17ClN2O/c1-16-8-6-13(14(16)18)17-7-2-3-10-9-11(15)4-5-12(10)17/h4-5,9,13H,2-3,6-8H2,1H3. The van der Waals surface area contributed by atoms with Crippen LogP contribution in [0.15, 0.2) is 18.2 Å². The summed E-state index contributed by atoms with van der Waals surface area (Å²) in [5, 5.41) is 0.783. The Balaban J connectivity index is 1.94. The van der Waals surface area contributed by atoms with Crippen molar-refractivity contribution in [1.82, 2.24) is 4.90 Å². The van der Waals surface area contributed by atoms with Gasteiger partial charge < -0.3 is 9.80 Å². The molecule has 4 heteroatoms. The summed E-state index contributed by atoms with van der Waals surface area (Å²) in [7, 11) is 1.88. The van der Waals surface area contributed by atoms with Crippen molar-refractivity contribution in [1.29, 1.82) is 0 Å². The summed E-state index contributed by atoms with van der Waals surface area (Å²) < 4.78 is 0. The summed E-state index contributed by atoms with van der Waals surface area (Å²) in [6.45, 7) is 1.84. The normalized spacial score (nSPS) is 23.4. The summed E-state index contributed by atoms with van der Waals surface area (Å²) in [4.78, 5) is 16.2. The minimum atomic E-state index is 0.0234. The average Bonchev–Trinajstić information content (AvgIpc) is 2.69. The molecule has 1 unspecified atom stereocenters. The lowest BCUT2D eigenvalue weighted by molar-refractivity contribution is -0.127. The van der Waals surface area contributed by atoms with Gasteiger partial charge in [-0.1, -0.05) is 11.6 Å². The predicted molar refractivity (Wildman–Crippen MR) is 73.2 cm³/mol. The molecule has 3 nitrogen and oxygen atoms in total. The van der Waals surface area contributed by atoms with E-state index in [0.717, 1.165) is 37.4 Å². The van der Waals surface area contributed by atoms with Gasteiger partial charge in [0.1, 0.15) is 6.04 Å². The van der Waals surface area contributed by atoms with Crippen molar-refractivity contribution in [3.8, 4) is 0 Å². The smallest absolute Gasteiger partial charge is 0.245 e. The zero-order chi connectivity index (χ0) is 12.7. The number of halogens is 1. The molecule has 0 aliphatic carbocycles. The van der Waals surface area contributed by atoms with Gasteiger partial charge in [0.2, 0.25) is 5.91 Å². The Morgan fingerprint density at radius 1 is 1.33 bits per heavy atom. The number of likely N-dealkylation sites (N-methyl/N-ethyl adjacent to an activating group) is 1. The fraction of sp³-hybridized carbons (Fsp3) is 0.500. The van der Waals surface area contributed by atoms with Crippen molar-refractivity contribution in [2.24, 2.45) is 0 Å². The molecule has 18 heavy (non-hydrogen) atoms. The van der Waals surface area contributed by atoms with Crippen LogP contribution < -0.4 is 4.90 Å². The third-order valence-electron chi connectivity index (χ3n) is 3.97. The molecule has 96 valence electrons. The number of hydrogen-bond acceptors (Lipinski definition) is 2. The van der Waals surface area contributed by atoms with Gasteiger partial charge in [0.25, 0.3) is 0 Å². The third kappa shape index (κ3) is 1.87. The van der Waals surface area contributed by atoms with Crippen LogP contribution in [0.1, 0.15) is 18.4 Å². The third-order valence-corrected chi connectivity index (χ3v) is 4.21. The van der Waals surface area contributed by atoms with E-state index in [1.165, 1.54) is 11.3 Å². The largest absolute Gasteiger partial charge is 0.359 e. The van der Waals surface area contributed by atoms with Crippen LogP contribution in [0.5, 0.6) is 0 Å². The zero-order valence-electron chi connectivity index (χ0n) is 10.5. The van der Waals surface area contributed by atoms with Crippen LogP contribution in [0.25, 0.3) is 0 Å². The van der Waals surface area contributed by atoms with Gasteiger partial charge in [-0.05, 0) is 43.0 Å². The Hall–Kier alpha value is -1.22. The first kappa shape index (κ1) is 11.8. The lowest BCUT2D eigenvalue weighted by Gasteiger charge is -2.35. The highest BCUT2D eigenvalue weighted by Gasteiger charge is 2.35. The summed E-state index contributed by atoms with van der Waals surface area (Å²) in [5.41, 5.74) is 2.47. The maximum atomic E-state index is 12.1. The number of carbonyl (C=O) groups excluding carboxylic acids is 1. The molecule has 0 bridgehead atoms. The number of rotatable bonds is 1. The number of anilines is 1. The molecule has 1 aromatic carbocycles. The Morgan fingerprint density at radius 2 is 2.17 bits per heavy atom. The summed E-state index contributed by atoms with van der Waals surface area (Å²) in [6.07, 6.45) is 3.08. The number of aryl methyl sites for hydroxylation is 1. The predicted octanol–water partition coefficient (Wildman–Crippen LogP) is 2.32. The number of nitrogens with zero attached hydrogens (tertiary/aromatic N) is 2. The molecule has 1 aromatic rings. The van der Waals surface area contributed by atoms with E-state index in [4.69, 9.17) is 11.6 Å². The van der Waals surface area contributed by atoms with Crippen LogP contribution in [-0.2, 0) is 11.2 Å². The molecule has 0 N–H and O–H groups in total. The Morgan fingerprint density at radius 3 is 2.89 bits per heavy atom. The molecule has 1 amide bonds. The van der Waals surface area contributed by atoms with Crippen molar-refractivity contribution in [2.45, 2.75) is 25.3 Å². The van der Waals surface area contributed by atoms with Crippen molar-refractivity contribution in [2.75, 3.05) is 25.0 Å². The zero-order valence-corrected chi connectivity index (χ0v) is 11.3. The van der Waals surface area contributed by atoms with Crippen molar-refractivity contribution >= 4 is 23.2 Å². The highest BCUT2D eigenvalue weighted by molar-refractivity contribution is 6.30. The van der Waals surface area contributed by atoms with Crippen LogP contribution in [0.4, 0.5) is 5.69 Å². The Labute approximate surface area is 112 Å². The fourth-order valence-electron chi connectivity index (χ4n) is 3.01. The van der Waals surface area contributed by atoms with Gasteiger partial charge in [-0.15, -0.1) is 0 Å². The number of fused-ring (bicyclic) bond motifs is 1. The molecule has 2 aliphatic rings. The molecule has 0 spiro atoms. The van der Waals surface area contributed by atoms with E-state index in [1.807, 2.05) is 24.1 Å². The second kappa shape index (κ2) is 4.47. The van der Waals surface area contributed by atoms with Gasteiger partial charge >= 0.3 is 0 Å². The topological polar surface area (TPSA) is 23.6 Å². The first-order chi connectivity index (χ1) is 8.66. The fourth-order valence-corrected chi connectivity index (χ4v) is 3.21. The molecule has 1 saturated heterocycles. The molecule has 0 saturated carbocycles. The molecule has 2 heterocycles. The van der Waals surface area contributed by atoms with E-state index >= 15 is 0 Å². The molecule has 2 aliphatic heterocycles. The van der Waals surface area contributed by atoms with Crippen LogP contribution >= 0.6 is 11.6 Å². The molecular formula is C14H17ClN2O. The maximum Gasteiger partial charge on any atom is 0.245 e. The van der Waals surface area contributed by atoms with Gasteiger partial charge in [0.15, 0.2) is 0 Å². The van der Waals surface area contributed by atoms with E-state index < -0.39 is 0 Å². The minimum absolute atomic E-state index is 0.0234. The number of likely N-dealkylation sites (tertiary alicyclic amines) is 1. The number of carbonyl (C=O) groups is 1. The number of benzene rings is 1. The van der Waals surface area contributed by atoms with Gasteiger partial charge in [-0.25, -0.2) is 0 Å². The molecular weight excluding hydrogens is 248 g/mol. The van der Waals surface area contributed by atoms with Crippen molar-refractivity contribution < 1.29 is 4.79 Å². The van der Waals surface area contributed by atoms with Crippen LogP contribution in [-0.4, -0.2) is 37.0 Å². The highest BCUT2D eigenvalue weighted by atomic mass is 35.5. The first-order valence-corrected chi connectivity index (χ1v) is 6.84. The van der Waals surface area contributed by atoms with Crippen LogP contribution in [0.2, 0.25) is 5.02 Å². The molecule has 3 rings (SSSR count). The summed E-state index contributed by atoms with van der Waals surface area (Å²) in [5.74, 6) is 0.248. The Kier molecular flexibility index (Phi) is 2.94. The summed E-state index contributed by atoms with van der Waals surface area (Å²) in [6, 6.07) is 6.03. The minimum Gasteiger partial charge on any atom is -0.359 e.